The van der Waals surface area contributed by atoms with Crippen LogP contribution in [0.3, 0.4) is 0 Å². The van der Waals surface area contributed by atoms with E-state index in [0.29, 0.717) is 12.3 Å². The monoisotopic (exact) mass is 243 g/mol. The lowest BCUT2D eigenvalue weighted by atomic mass is 9.90. The smallest absolute Gasteiger partial charge is 0.155 e. The summed E-state index contributed by atoms with van der Waals surface area (Å²) in [6, 6.07) is 6.13. The van der Waals surface area contributed by atoms with Crippen LogP contribution in [0.5, 0.6) is 0 Å². The van der Waals surface area contributed by atoms with E-state index in [9.17, 15) is 4.79 Å². The zero-order valence-electron chi connectivity index (χ0n) is 10.8. The molecule has 18 heavy (non-hydrogen) atoms. The van der Waals surface area contributed by atoms with Crippen LogP contribution in [0.25, 0.3) is 0 Å². The number of carbonyl (C=O) groups excluding carboxylic acids is 1. The third kappa shape index (κ3) is 4.44. The fraction of sp³-hybridized carbons (Fsp3) is 0.500. The lowest BCUT2D eigenvalue weighted by Crippen LogP contribution is -2.07. The summed E-state index contributed by atoms with van der Waals surface area (Å²) in [4.78, 5) is 15.8. The summed E-state index contributed by atoms with van der Waals surface area (Å²) in [5.74, 6) is 0.996. The number of allylic oxidation sites excluding steroid dienone is 2. The van der Waals surface area contributed by atoms with E-state index in [2.05, 4.69) is 17.1 Å². The molecule has 1 aliphatic rings. The molecule has 2 nitrogen and oxygen atoms in total. The molecule has 0 N–H and O–H groups in total. The van der Waals surface area contributed by atoms with E-state index in [1.165, 1.54) is 18.5 Å². The molecule has 0 bridgehead atoms. The molecular weight excluding hydrogens is 222 g/mol. The third-order valence-corrected chi connectivity index (χ3v) is 3.55. The molecule has 0 aliphatic heterocycles. The van der Waals surface area contributed by atoms with Crippen molar-refractivity contribution in [1.82, 2.24) is 4.98 Å². The Kier molecular flexibility index (Phi) is 5.13. The average molecular weight is 243 g/mol. The van der Waals surface area contributed by atoms with Gasteiger partial charge in [0.25, 0.3) is 0 Å². The Bertz CT molecular complexity index is 397. The second-order valence-corrected chi connectivity index (χ2v) is 5.08. The zero-order chi connectivity index (χ0) is 12.6. The van der Waals surface area contributed by atoms with Gasteiger partial charge < -0.3 is 0 Å². The molecule has 0 saturated carbocycles. The van der Waals surface area contributed by atoms with E-state index < -0.39 is 0 Å². The molecule has 1 heterocycles. The van der Waals surface area contributed by atoms with Crippen molar-refractivity contribution < 1.29 is 4.79 Å². The number of hydrogen-bond acceptors (Lipinski definition) is 2. The van der Waals surface area contributed by atoms with Crippen LogP contribution in [0, 0.1) is 5.92 Å². The predicted molar refractivity (Wildman–Crippen MR) is 73.3 cm³/mol. The molecule has 96 valence electrons. The summed E-state index contributed by atoms with van der Waals surface area (Å²) < 4.78 is 0. The van der Waals surface area contributed by atoms with Gasteiger partial charge >= 0.3 is 0 Å². The van der Waals surface area contributed by atoms with Crippen molar-refractivity contribution in [1.29, 1.82) is 0 Å². The van der Waals surface area contributed by atoms with E-state index in [0.717, 1.165) is 25.7 Å². The van der Waals surface area contributed by atoms with Gasteiger partial charge in [0.05, 0.1) is 0 Å². The molecule has 1 atom stereocenters. The summed E-state index contributed by atoms with van der Waals surface area (Å²) >= 11 is 0. The Labute approximate surface area is 109 Å². The highest BCUT2D eigenvalue weighted by Crippen LogP contribution is 2.21. The quantitative estimate of drug-likeness (QED) is 0.792. The Morgan fingerprint density at radius 3 is 3.00 bits per heavy atom. The van der Waals surface area contributed by atoms with Gasteiger partial charge in [0.1, 0.15) is 0 Å². The van der Waals surface area contributed by atoms with Crippen LogP contribution in [-0.4, -0.2) is 10.8 Å². The van der Waals surface area contributed by atoms with Gasteiger partial charge in [-0.3, -0.25) is 9.78 Å². The van der Waals surface area contributed by atoms with Crippen LogP contribution in [0.4, 0.5) is 0 Å². The van der Waals surface area contributed by atoms with Gasteiger partial charge in [-0.1, -0.05) is 25.0 Å². The third-order valence-electron chi connectivity index (χ3n) is 3.55. The Hall–Kier alpha value is -1.44. The van der Waals surface area contributed by atoms with Gasteiger partial charge in [-0.2, -0.15) is 0 Å². The number of ketones is 1. The summed E-state index contributed by atoms with van der Waals surface area (Å²) in [5.41, 5.74) is 1.19. The van der Waals surface area contributed by atoms with E-state index in [4.69, 9.17) is 0 Å². The van der Waals surface area contributed by atoms with Gasteiger partial charge in [0.2, 0.25) is 0 Å². The molecule has 2 rings (SSSR count). The van der Waals surface area contributed by atoms with Crippen molar-refractivity contribution >= 4 is 5.78 Å². The van der Waals surface area contributed by atoms with Crippen LogP contribution in [-0.2, 0) is 11.2 Å². The Morgan fingerprint density at radius 1 is 1.22 bits per heavy atom. The first-order chi connectivity index (χ1) is 8.84. The topological polar surface area (TPSA) is 30.0 Å². The Balaban J connectivity index is 1.91. The maximum absolute atomic E-state index is 11.4. The molecule has 0 spiro atoms. The number of pyridine rings is 1. The first-order valence-electron chi connectivity index (χ1n) is 6.94. The summed E-state index contributed by atoms with van der Waals surface area (Å²) in [6.45, 7) is 0. The zero-order valence-corrected chi connectivity index (χ0v) is 10.8. The van der Waals surface area contributed by atoms with Crippen molar-refractivity contribution in [2.75, 3.05) is 0 Å². The van der Waals surface area contributed by atoms with E-state index in [1.807, 2.05) is 18.3 Å². The average Bonchev–Trinajstić information content (AvgIpc) is 2.40. The van der Waals surface area contributed by atoms with Crippen LogP contribution in [0.1, 0.15) is 44.2 Å². The highest BCUT2D eigenvalue weighted by atomic mass is 16.1. The number of rotatable bonds is 2. The maximum atomic E-state index is 11.4. The van der Waals surface area contributed by atoms with Crippen LogP contribution in [0.2, 0.25) is 0 Å². The van der Waals surface area contributed by atoms with Crippen LogP contribution in [0.15, 0.2) is 36.5 Å². The minimum Gasteiger partial charge on any atom is -0.295 e. The van der Waals surface area contributed by atoms with Crippen LogP contribution >= 0.6 is 0 Å². The molecule has 0 fully saturated rings. The summed E-state index contributed by atoms with van der Waals surface area (Å²) in [7, 11) is 0. The van der Waals surface area contributed by atoms with Crippen molar-refractivity contribution in [3.05, 3.63) is 42.2 Å². The number of hydrogen-bond donors (Lipinski definition) is 0. The second kappa shape index (κ2) is 7.10. The van der Waals surface area contributed by atoms with E-state index in [1.54, 1.807) is 6.08 Å². The minimum absolute atomic E-state index is 0.290. The minimum atomic E-state index is 0.290. The molecule has 0 saturated heterocycles. The van der Waals surface area contributed by atoms with Crippen molar-refractivity contribution in [3.63, 3.8) is 0 Å². The highest BCUT2D eigenvalue weighted by Gasteiger charge is 2.11. The molecule has 2 heteroatoms. The molecule has 1 aliphatic carbocycles. The van der Waals surface area contributed by atoms with Crippen LogP contribution < -0.4 is 0 Å². The van der Waals surface area contributed by atoms with E-state index >= 15 is 0 Å². The SMILES string of the molecule is O=C1C=CCCC(Cc2ccccn2)CCCC1. The van der Waals surface area contributed by atoms with Crippen molar-refractivity contribution in [3.8, 4) is 0 Å². The summed E-state index contributed by atoms with van der Waals surface area (Å²) in [5, 5.41) is 0. The van der Waals surface area contributed by atoms with Crippen molar-refractivity contribution in [2.45, 2.75) is 44.9 Å². The van der Waals surface area contributed by atoms with Crippen molar-refractivity contribution in [2.24, 2.45) is 5.92 Å². The molecule has 1 aromatic heterocycles. The van der Waals surface area contributed by atoms with Gasteiger partial charge in [-0.25, -0.2) is 0 Å². The molecule has 0 amide bonds. The maximum Gasteiger partial charge on any atom is 0.155 e. The lowest BCUT2D eigenvalue weighted by molar-refractivity contribution is -0.114. The van der Waals surface area contributed by atoms with Gasteiger partial charge in [0.15, 0.2) is 5.78 Å². The second-order valence-electron chi connectivity index (χ2n) is 5.08. The number of nitrogens with zero attached hydrogens (tertiary/aromatic N) is 1. The molecule has 1 aromatic rings. The highest BCUT2D eigenvalue weighted by molar-refractivity contribution is 5.89. The first kappa shape index (κ1) is 13.0. The largest absolute Gasteiger partial charge is 0.295 e. The number of carbonyl (C=O) groups is 1. The lowest BCUT2D eigenvalue weighted by Gasteiger charge is -2.16. The Morgan fingerprint density at radius 2 is 2.17 bits per heavy atom. The fourth-order valence-corrected chi connectivity index (χ4v) is 2.53. The summed E-state index contributed by atoms with van der Waals surface area (Å²) in [6.07, 6.45) is 13.1. The standard InChI is InChI=1S/C16H21NO/c18-16-10-3-1-7-14(8-2-4-11-16)13-15-9-5-6-12-17-15/h3,5-6,9-10,12,14H,1-2,4,7-8,11,13H2. The molecular formula is C16H21NO. The first-order valence-corrected chi connectivity index (χ1v) is 6.94. The normalized spacial score (nSPS) is 21.8. The number of aromatic nitrogens is 1. The van der Waals surface area contributed by atoms with E-state index in [-0.39, 0.29) is 5.78 Å². The van der Waals surface area contributed by atoms with Gasteiger partial charge in [-0.05, 0) is 49.8 Å². The predicted octanol–water partition coefficient (Wildman–Crippen LogP) is 3.72. The molecule has 1 unspecified atom stereocenters. The fourth-order valence-electron chi connectivity index (χ4n) is 2.53. The van der Waals surface area contributed by atoms with Gasteiger partial charge in [0, 0.05) is 18.3 Å². The molecule has 0 radical (unpaired) electrons. The molecule has 0 aromatic carbocycles. The van der Waals surface area contributed by atoms with Gasteiger partial charge in [-0.15, -0.1) is 0 Å².